The van der Waals surface area contributed by atoms with Crippen LogP contribution >= 0.6 is 0 Å². The Morgan fingerprint density at radius 1 is 1.23 bits per heavy atom. The Hall–Kier alpha value is -4.26. The number of aliphatic imine (C=N–C) groups is 1. The van der Waals surface area contributed by atoms with Crippen LogP contribution in [-0.2, 0) is 11.3 Å². The van der Waals surface area contributed by atoms with Crippen LogP contribution in [0.2, 0.25) is 0 Å². The zero-order chi connectivity index (χ0) is 25.1. The minimum Gasteiger partial charge on any atom is -0.493 e. The van der Waals surface area contributed by atoms with Crippen molar-refractivity contribution in [3.05, 3.63) is 47.6 Å². The Morgan fingerprint density at radius 3 is 2.57 bits per heavy atom. The molecule has 0 bridgehead atoms. The Labute approximate surface area is 200 Å². The number of anilines is 2. The molecule has 0 atom stereocenters. The first kappa shape index (κ1) is 23.9. The molecule has 0 fully saturated rings. The zero-order valence-corrected chi connectivity index (χ0v) is 19.2. The monoisotopic (exact) mass is 489 g/mol. The second-order valence-electron chi connectivity index (χ2n) is 7.35. The summed E-state index contributed by atoms with van der Waals surface area (Å²) in [6, 6.07) is 0.285. The summed E-state index contributed by atoms with van der Waals surface area (Å²) >= 11 is 0. The summed E-state index contributed by atoms with van der Waals surface area (Å²) in [6.45, 7) is 0.461. The third kappa shape index (κ3) is 4.10. The van der Waals surface area contributed by atoms with Crippen LogP contribution in [0, 0.1) is 11.6 Å². The Bertz CT molecular complexity index is 1300. The largest absolute Gasteiger partial charge is 0.493 e. The molecule has 1 aliphatic heterocycles. The molecule has 0 radical (unpaired) electrons. The summed E-state index contributed by atoms with van der Waals surface area (Å²) in [6.07, 6.45) is 5.55. The molecule has 0 aliphatic carbocycles. The van der Waals surface area contributed by atoms with Crippen molar-refractivity contribution in [2.75, 3.05) is 44.3 Å². The fourth-order valence-corrected chi connectivity index (χ4v) is 3.76. The Balaban J connectivity index is 0.00000361. The van der Waals surface area contributed by atoms with E-state index in [1.165, 1.54) is 51.0 Å². The van der Waals surface area contributed by atoms with Gasteiger partial charge in [-0.2, -0.15) is 5.10 Å². The molecule has 3 N–H and O–H groups in total. The number of hydrogen-bond donors (Lipinski definition) is 2. The molecule has 1 aromatic carbocycles. The number of benzene rings is 1. The average molecular weight is 489 g/mol. The minimum atomic E-state index is -1.06. The van der Waals surface area contributed by atoms with E-state index in [1.54, 1.807) is 0 Å². The molecule has 13 heteroatoms. The van der Waals surface area contributed by atoms with Crippen LogP contribution in [0.3, 0.4) is 0 Å². The van der Waals surface area contributed by atoms with Crippen LogP contribution in [-0.4, -0.2) is 61.9 Å². The number of aromatic nitrogens is 3. The van der Waals surface area contributed by atoms with Gasteiger partial charge in [0.05, 0.1) is 56.9 Å². The van der Waals surface area contributed by atoms with Crippen molar-refractivity contribution < 1.29 is 29.2 Å². The number of H-pyrrole nitrogens is 1. The Morgan fingerprint density at radius 2 is 1.94 bits per heavy atom. The third-order valence-electron chi connectivity index (χ3n) is 5.40. The van der Waals surface area contributed by atoms with Crippen LogP contribution in [0.1, 0.15) is 6.99 Å². The Kier molecular flexibility index (Phi) is 6.78. The molecule has 11 nitrogen and oxygen atoms in total. The lowest BCUT2D eigenvalue weighted by Gasteiger charge is -2.37. The molecule has 3 heterocycles. The molecule has 0 saturated carbocycles. The molecule has 2 aromatic heterocycles. The van der Waals surface area contributed by atoms with Crippen LogP contribution in [0.5, 0.6) is 11.5 Å². The van der Waals surface area contributed by atoms with E-state index in [1.807, 2.05) is 0 Å². The number of rotatable bonds is 8. The quantitative estimate of drug-likeness (QED) is 0.367. The zero-order valence-electron chi connectivity index (χ0n) is 19.2. The fourth-order valence-electron chi connectivity index (χ4n) is 3.76. The summed E-state index contributed by atoms with van der Waals surface area (Å²) in [5, 5.41) is 7.26. The van der Waals surface area contributed by atoms with Gasteiger partial charge >= 0.3 is 6.03 Å². The predicted molar refractivity (Wildman–Crippen MR) is 127 cm³/mol. The summed E-state index contributed by atoms with van der Waals surface area (Å²) < 4.78 is 45.7. The number of ether oxygens (including phenoxy) is 3. The standard InChI is InChI=1S/C22H23F2N7O4.H2/c1-33-5-4-26-9-13(7-25)31-19-12(8-27-21-14(19)10-28-29-21)11-30(22(31)32)20-17(23)15(34-2)6-16(35-3)18(20)24;/h6-10H,4-5,11,25H2,1-3H3,(H,27,28,29);1H/b13-7+,26-9?;. The smallest absolute Gasteiger partial charge is 0.334 e. The fraction of sp³-hybridized carbons (Fsp3) is 0.273. The molecule has 0 unspecified atom stereocenters. The van der Waals surface area contributed by atoms with E-state index in [9.17, 15) is 4.79 Å². The van der Waals surface area contributed by atoms with Gasteiger partial charge < -0.3 is 19.9 Å². The lowest BCUT2D eigenvalue weighted by Crippen LogP contribution is -2.48. The molecule has 0 saturated heterocycles. The van der Waals surface area contributed by atoms with Gasteiger partial charge in [0.25, 0.3) is 0 Å². The summed E-state index contributed by atoms with van der Waals surface area (Å²) in [4.78, 5) is 24.5. The summed E-state index contributed by atoms with van der Waals surface area (Å²) in [5.74, 6) is -2.70. The lowest BCUT2D eigenvalue weighted by atomic mass is 10.1. The third-order valence-corrected chi connectivity index (χ3v) is 5.40. The molecule has 1 aliphatic rings. The van der Waals surface area contributed by atoms with Crippen LogP contribution in [0.25, 0.3) is 11.0 Å². The number of fused-ring (bicyclic) bond motifs is 3. The number of carbonyl (C=O) groups excluding carboxylic acids is 1. The highest BCUT2D eigenvalue weighted by Gasteiger charge is 2.39. The number of amides is 2. The van der Waals surface area contributed by atoms with Gasteiger partial charge in [-0.25, -0.2) is 18.6 Å². The number of urea groups is 1. The van der Waals surface area contributed by atoms with Crippen molar-refractivity contribution in [3.8, 4) is 11.5 Å². The second kappa shape index (κ2) is 9.93. The number of nitrogens with two attached hydrogens (primary N) is 1. The number of nitrogens with zero attached hydrogens (tertiary/aromatic N) is 5. The number of carbonyl (C=O) groups is 1. The van der Waals surface area contributed by atoms with Crippen molar-refractivity contribution in [1.29, 1.82) is 0 Å². The highest BCUT2D eigenvalue weighted by molar-refractivity contribution is 6.16. The topological polar surface area (TPSA) is 131 Å². The number of pyridine rings is 1. The SMILES string of the molecule is COCCN=C/C(=C\N)N1C(=O)N(c2c(F)c(OC)cc(OC)c2F)Cc2cnc3[nH]ncc3c21.[HH]. The van der Waals surface area contributed by atoms with Crippen molar-refractivity contribution >= 4 is 34.7 Å². The second-order valence-corrected chi connectivity index (χ2v) is 7.35. The van der Waals surface area contributed by atoms with Gasteiger partial charge in [-0.3, -0.25) is 19.9 Å². The van der Waals surface area contributed by atoms with Gasteiger partial charge in [0.1, 0.15) is 5.69 Å². The van der Waals surface area contributed by atoms with E-state index in [2.05, 4.69) is 20.2 Å². The molecular weight excluding hydrogens is 464 g/mol. The van der Waals surface area contributed by atoms with Crippen molar-refractivity contribution in [2.45, 2.75) is 6.54 Å². The summed E-state index contributed by atoms with van der Waals surface area (Å²) in [7, 11) is 3.99. The molecule has 2 amide bonds. The van der Waals surface area contributed by atoms with Crippen LogP contribution in [0.15, 0.2) is 35.3 Å². The van der Waals surface area contributed by atoms with E-state index in [-0.39, 0.29) is 25.2 Å². The van der Waals surface area contributed by atoms with Crippen molar-refractivity contribution in [2.24, 2.45) is 10.7 Å². The van der Waals surface area contributed by atoms with Crippen molar-refractivity contribution in [1.82, 2.24) is 15.2 Å². The first-order valence-electron chi connectivity index (χ1n) is 10.4. The van der Waals surface area contributed by atoms with Crippen molar-refractivity contribution in [3.63, 3.8) is 0 Å². The number of aromatic amines is 1. The van der Waals surface area contributed by atoms with Gasteiger partial charge in [0.15, 0.2) is 28.8 Å². The maximum absolute atomic E-state index is 15.3. The first-order chi connectivity index (χ1) is 17.0. The molecule has 35 heavy (non-hydrogen) atoms. The maximum atomic E-state index is 15.3. The van der Waals surface area contributed by atoms with E-state index in [4.69, 9.17) is 19.9 Å². The van der Waals surface area contributed by atoms with Gasteiger partial charge in [0.2, 0.25) is 0 Å². The number of methoxy groups -OCH3 is 3. The average Bonchev–Trinajstić information content (AvgIpc) is 3.34. The number of halogens is 2. The molecule has 4 rings (SSSR count). The van der Waals surface area contributed by atoms with Gasteiger partial charge in [0, 0.05) is 38.8 Å². The predicted octanol–water partition coefficient (Wildman–Crippen LogP) is 2.96. The number of hydrogen-bond acceptors (Lipinski definition) is 8. The van der Waals surface area contributed by atoms with E-state index >= 15 is 8.78 Å². The molecular formula is C22H25F2N7O4. The maximum Gasteiger partial charge on any atom is 0.334 e. The minimum absolute atomic E-state index is 0. The van der Waals surface area contributed by atoms with Gasteiger partial charge in [-0.05, 0) is 0 Å². The highest BCUT2D eigenvalue weighted by atomic mass is 19.1. The molecule has 3 aromatic rings. The van der Waals surface area contributed by atoms with Gasteiger partial charge in [-0.15, -0.1) is 0 Å². The molecule has 186 valence electrons. The van der Waals surface area contributed by atoms with E-state index in [0.29, 0.717) is 35.4 Å². The van der Waals surface area contributed by atoms with E-state index < -0.39 is 23.4 Å². The number of allylic oxidation sites excluding steroid dienone is 1. The lowest BCUT2D eigenvalue weighted by molar-refractivity contribution is 0.208. The van der Waals surface area contributed by atoms with Gasteiger partial charge in [-0.1, -0.05) is 0 Å². The number of nitrogens with one attached hydrogen (secondary N) is 1. The van der Waals surface area contributed by atoms with E-state index in [0.717, 1.165) is 11.0 Å². The normalized spacial score (nSPS) is 14.2. The first-order valence-corrected chi connectivity index (χ1v) is 10.4. The molecule has 0 spiro atoms. The highest BCUT2D eigenvalue weighted by Crippen LogP contribution is 2.42. The van der Waals surface area contributed by atoms with Crippen LogP contribution < -0.4 is 25.0 Å². The summed E-state index contributed by atoms with van der Waals surface area (Å²) in [5.41, 5.74) is 6.72. The van der Waals surface area contributed by atoms with Crippen LogP contribution in [0.4, 0.5) is 25.0 Å².